The van der Waals surface area contributed by atoms with Gasteiger partial charge in [0.1, 0.15) is 11.6 Å². The zero-order chi connectivity index (χ0) is 19.8. The quantitative estimate of drug-likeness (QED) is 0.734. The minimum atomic E-state index is -0.297. The van der Waals surface area contributed by atoms with Crippen molar-refractivity contribution >= 4 is 16.9 Å². The van der Waals surface area contributed by atoms with Gasteiger partial charge in [0.05, 0.1) is 23.3 Å². The van der Waals surface area contributed by atoms with Crippen molar-refractivity contribution in [1.29, 1.82) is 0 Å². The van der Waals surface area contributed by atoms with Crippen LogP contribution in [0.3, 0.4) is 0 Å². The third-order valence-corrected chi connectivity index (χ3v) is 5.30. The van der Waals surface area contributed by atoms with Crippen molar-refractivity contribution < 1.29 is 9.18 Å². The molecule has 0 unspecified atom stereocenters. The fourth-order valence-electron chi connectivity index (χ4n) is 3.56. The molecule has 3 aromatic rings. The molecule has 148 valence electrons. The summed E-state index contributed by atoms with van der Waals surface area (Å²) in [5.41, 5.74) is 2.95. The van der Waals surface area contributed by atoms with Crippen LogP contribution in [0.1, 0.15) is 35.9 Å². The molecule has 0 atom stereocenters. The van der Waals surface area contributed by atoms with E-state index in [-0.39, 0.29) is 11.7 Å². The number of aromatic amines is 1. The lowest BCUT2D eigenvalue weighted by molar-refractivity contribution is 0.0789. The minimum Gasteiger partial charge on any atom is -0.342 e. The molecule has 1 aliphatic rings. The van der Waals surface area contributed by atoms with Crippen LogP contribution < -0.4 is 0 Å². The van der Waals surface area contributed by atoms with Gasteiger partial charge in [-0.3, -0.25) is 14.4 Å². The standard InChI is InChI=1S/C20H25FN6O/c1-13(2)26-8-9-27-15(12-26)11-18(24-27)20(28)25(3)7-6-19-22-16-5-4-14(21)10-17(16)23-19/h4-5,10-11,13H,6-9,12H2,1-3H3,(H,22,23). The number of nitrogens with one attached hydrogen (secondary N) is 1. The third-order valence-electron chi connectivity index (χ3n) is 5.30. The van der Waals surface area contributed by atoms with Gasteiger partial charge in [-0.05, 0) is 38.1 Å². The van der Waals surface area contributed by atoms with Gasteiger partial charge in [0, 0.05) is 39.1 Å². The van der Waals surface area contributed by atoms with Crippen molar-refractivity contribution in [2.75, 3.05) is 20.1 Å². The van der Waals surface area contributed by atoms with Crippen LogP contribution in [0.25, 0.3) is 11.0 Å². The first-order valence-electron chi connectivity index (χ1n) is 9.61. The highest BCUT2D eigenvalue weighted by molar-refractivity contribution is 5.92. The van der Waals surface area contributed by atoms with Crippen LogP contribution >= 0.6 is 0 Å². The maximum Gasteiger partial charge on any atom is 0.274 e. The van der Waals surface area contributed by atoms with Gasteiger partial charge >= 0.3 is 0 Å². The van der Waals surface area contributed by atoms with Crippen LogP contribution in [0.4, 0.5) is 4.39 Å². The monoisotopic (exact) mass is 384 g/mol. The van der Waals surface area contributed by atoms with Crippen LogP contribution in [0.5, 0.6) is 0 Å². The Morgan fingerprint density at radius 1 is 1.32 bits per heavy atom. The van der Waals surface area contributed by atoms with E-state index < -0.39 is 0 Å². The molecule has 28 heavy (non-hydrogen) atoms. The Balaban J connectivity index is 1.41. The molecule has 7 nitrogen and oxygen atoms in total. The fourth-order valence-corrected chi connectivity index (χ4v) is 3.56. The molecule has 1 N–H and O–H groups in total. The Labute approximate surface area is 163 Å². The largest absolute Gasteiger partial charge is 0.342 e. The van der Waals surface area contributed by atoms with E-state index in [1.807, 2.05) is 10.7 Å². The van der Waals surface area contributed by atoms with Crippen LogP contribution in [-0.2, 0) is 19.5 Å². The van der Waals surface area contributed by atoms with E-state index in [4.69, 9.17) is 0 Å². The average molecular weight is 384 g/mol. The van der Waals surface area contributed by atoms with E-state index in [1.165, 1.54) is 12.1 Å². The van der Waals surface area contributed by atoms with Crippen molar-refractivity contribution in [1.82, 2.24) is 29.5 Å². The van der Waals surface area contributed by atoms with Gasteiger partial charge in [-0.25, -0.2) is 9.37 Å². The molecular formula is C20H25FN6O. The predicted octanol–water partition coefficient (Wildman–Crippen LogP) is 2.44. The number of likely N-dealkylation sites (N-methyl/N-ethyl adjacent to an activating group) is 1. The molecule has 0 spiro atoms. The number of fused-ring (bicyclic) bond motifs is 2. The molecule has 0 aliphatic carbocycles. The molecule has 0 saturated heterocycles. The number of hydrogen-bond acceptors (Lipinski definition) is 4. The van der Waals surface area contributed by atoms with Crippen LogP contribution in [-0.4, -0.2) is 61.6 Å². The maximum absolute atomic E-state index is 13.3. The number of aromatic nitrogens is 4. The molecule has 0 saturated carbocycles. The number of hydrogen-bond donors (Lipinski definition) is 1. The van der Waals surface area contributed by atoms with Crippen molar-refractivity contribution in [3.05, 3.63) is 47.3 Å². The van der Waals surface area contributed by atoms with Gasteiger partial charge in [-0.2, -0.15) is 5.10 Å². The van der Waals surface area contributed by atoms with Gasteiger partial charge in [0.15, 0.2) is 5.69 Å². The van der Waals surface area contributed by atoms with Crippen LogP contribution in [0.15, 0.2) is 24.3 Å². The molecule has 1 aliphatic heterocycles. The number of benzene rings is 1. The Hall–Kier alpha value is -2.74. The normalized spacial score (nSPS) is 14.6. The van der Waals surface area contributed by atoms with E-state index >= 15 is 0 Å². The number of amides is 1. The molecular weight excluding hydrogens is 359 g/mol. The molecule has 0 fully saturated rings. The second-order valence-corrected chi connectivity index (χ2v) is 7.63. The summed E-state index contributed by atoms with van der Waals surface area (Å²) in [6, 6.07) is 6.84. The zero-order valence-corrected chi connectivity index (χ0v) is 16.4. The van der Waals surface area contributed by atoms with Crippen LogP contribution in [0.2, 0.25) is 0 Å². The predicted molar refractivity (Wildman–Crippen MR) is 104 cm³/mol. The topological polar surface area (TPSA) is 70.1 Å². The molecule has 0 bridgehead atoms. The van der Waals surface area contributed by atoms with E-state index in [1.54, 1.807) is 18.0 Å². The molecule has 3 heterocycles. The lowest BCUT2D eigenvalue weighted by Crippen LogP contribution is -2.38. The second kappa shape index (κ2) is 7.35. The highest BCUT2D eigenvalue weighted by atomic mass is 19.1. The summed E-state index contributed by atoms with van der Waals surface area (Å²) in [6.07, 6.45) is 0.563. The maximum atomic E-state index is 13.3. The number of carbonyl (C=O) groups excluding carboxylic acids is 1. The number of rotatable bonds is 5. The Morgan fingerprint density at radius 3 is 2.93 bits per heavy atom. The van der Waals surface area contributed by atoms with Gasteiger partial charge in [-0.1, -0.05) is 0 Å². The minimum absolute atomic E-state index is 0.0971. The lowest BCUT2D eigenvalue weighted by atomic mass is 10.2. The van der Waals surface area contributed by atoms with Crippen molar-refractivity contribution in [3.63, 3.8) is 0 Å². The summed E-state index contributed by atoms with van der Waals surface area (Å²) < 4.78 is 15.2. The summed E-state index contributed by atoms with van der Waals surface area (Å²) in [4.78, 5) is 24.4. The second-order valence-electron chi connectivity index (χ2n) is 7.63. The number of imidazole rings is 1. The highest BCUT2D eigenvalue weighted by Crippen LogP contribution is 2.17. The molecule has 0 radical (unpaired) electrons. The van der Waals surface area contributed by atoms with Gasteiger partial charge in [-0.15, -0.1) is 0 Å². The first kappa shape index (κ1) is 18.6. The third kappa shape index (κ3) is 3.64. The molecule has 1 amide bonds. The van der Waals surface area contributed by atoms with E-state index in [0.29, 0.717) is 30.2 Å². The number of carbonyl (C=O) groups is 1. The fraction of sp³-hybridized carbons (Fsp3) is 0.450. The van der Waals surface area contributed by atoms with Gasteiger partial charge in [0.25, 0.3) is 5.91 Å². The highest BCUT2D eigenvalue weighted by Gasteiger charge is 2.23. The summed E-state index contributed by atoms with van der Waals surface area (Å²) >= 11 is 0. The van der Waals surface area contributed by atoms with Crippen molar-refractivity contribution in [3.8, 4) is 0 Å². The van der Waals surface area contributed by atoms with E-state index in [9.17, 15) is 9.18 Å². The summed E-state index contributed by atoms with van der Waals surface area (Å²) in [6.45, 7) is 7.43. The molecule has 1 aromatic carbocycles. The summed E-state index contributed by atoms with van der Waals surface area (Å²) in [7, 11) is 1.77. The SMILES string of the molecule is CC(C)N1CCn2nc(C(=O)N(C)CCc3nc4ccc(F)cc4[nH]3)cc2C1. The van der Waals surface area contributed by atoms with E-state index in [0.717, 1.165) is 36.7 Å². The van der Waals surface area contributed by atoms with Gasteiger partial charge in [0.2, 0.25) is 0 Å². The van der Waals surface area contributed by atoms with Gasteiger partial charge < -0.3 is 9.88 Å². The Bertz CT molecular complexity index is 1010. The number of H-pyrrole nitrogens is 1. The smallest absolute Gasteiger partial charge is 0.274 e. The summed E-state index contributed by atoms with van der Waals surface area (Å²) in [5, 5.41) is 4.50. The zero-order valence-electron chi connectivity index (χ0n) is 16.4. The Morgan fingerprint density at radius 2 is 2.14 bits per heavy atom. The number of halogens is 1. The van der Waals surface area contributed by atoms with Crippen molar-refractivity contribution in [2.45, 2.75) is 39.4 Å². The van der Waals surface area contributed by atoms with E-state index in [2.05, 4.69) is 33.8 Å². The Kier molecular flexibility index (Phi) is 4.89. The molecule has 2 aromatic heterocycles. The lowest BCUT2D eigenvalue weighted by Gasteiger charge is -2.30. The van der Waals surface area contributed by atoms with Crippen molar-refractivity contribution in [2.24, 2.45) is 0 Å². The molecule has 8 heteroatoms. The van der Waals surface area contributed by atoms with Crippen LogP contribution in [0, 0.1) is 5.82 Å². The summed E-state index contributed by atoms with van der Waals surface area (Å²) in [5.74, 6) is 0.340. The average Bonchev–Trinajstić information content (AvgIpc) is 3.27. The first-order chi connectivity index (χ1) is 13.4. The first-order valence-corrected chi connectivity index (χ1v) is 9.61. The number of nitrogens with zero attached hydrogens (tertiary/aromatic N) is 5. The molecule has 4 rings (SSSR count).